The van der Waals surface area contributed by atoms with E-state index in [2.05, 4.69) is 5.32 Å². The van der Waals surface area contributed by atoms with Crippen LogP contribution in [0.15, 0.2) is 60.7 Å². The van der Waals surface area contributed by atoms with Crippen LogP contribution < -0.4 is 10.1 Å². The highest BCUT2D eigenvalue weighted by Gasteiger charge is 2.31. The predicted octanol–water partition coefficient (Wildman–Crippen LogP) is 4.48. The van der Waals surface area contributed by atoms with Gasteiger partial charge in [-0.1, -0.05) is 42.5 Å². The molecule has 0 fully saturated rings. The van der Waals surface area contributed by atoms with Gasteiger partial charge in [0, 0.05) is 18.5 Å². The smallest absolute Gasteiger partial charge is 0.416 e. The lowest BCUT2D eigenvalue weighted by molar-refractivity contribution is -0.137. The predicted molar refractivity (Wildman–Crippen MR) is 95.4 cm³/mol. The molecule has 0 aliphatic carbocycles. The van der Waals surface area contributed by atoms with Crippen molar-refractivity contribution in [1.29, 1.82) is 0 Å². The standard InChI is InChI=1S/C21H16F3NO2/c22-21(23,24)15-6-3-4-13(10-15)12-25-20(26)19-11-17-16-7-2-1-5-14(16)8-9-18(17)27-19/h1-10,19H,11-12H2,(H,25,26)/t19-/m0/s1. The maximum Gasteiger partial charge on any atom is 0.416 e. The molecule has 1 heterocycles. The van der Waals surface area contributed by atoms with Crippen LogP contribution in [0.4, 0.5) is 13.2 Å². The summed E-state index contributed by atoms with van der Waals surface area (Å²) in [7, 11) is 0. The summed E-state index contributed by atoms with van der Waals surface area (Å²) in [5, 5.41) is 4.79. The molecule has 6 heteroatoms. The average Bonchev–Trinajstić information content (AvgIpc) is 3.10. The van der Waals surface area contributed by atoms with Crippen molar-refractivity contribution < 1.29 is 22.7 Å². The van der Waals surface area contributed by atoms with Gasteiger partial charge in [0.15, 0.2) is 6.10 Å². The molecule has 1 amide bonds. The molecule has 1 N–H and O–H groups in total. The zero-order valence-electron chi connectivity index (χ0n) is 14.2. The third-order valence-electron chi connectivity index (χ3n) is 4.67. The van der Waals surface area contributed by atoms with Crippen LogP contribution in [-0.4, -0.2) is 12.0 Å². The summed E-state index contributed by atoms with van der Waals surface area (Å²) in [5.74, 6) is 0.334. The van der Waals surface area contributed by atoms with E-state index in [0.29, 0.717) is 17.7 Å². The maximum absolute atomic E-state index is 12.8. The fourth-order valence-electron chi connectivity index (χ4n) is 3.32. The largest absolute Gasteiger partial charge is 0.480 e. The summed E-state index contributed by atoms with van der Waals surface area (Å²) in [6, 6.07) is 16.6. The number of nitrogens with one attached hydrogen (secondary N) is 1. The van der Waals surface area contributed by atoms with Gasteiger partial charge >= 0.3 is 6.18 Å². The van der Waals surface area contributed by atoms with Crippen LogP contribution in [0.1, 0.15) is 16.7 Å². The molecule has 0 radical (unpaired) electrons. The molecule has 1 aliphatic heterocycles. The summed E-state index contributed by atoms with van der Waals surface area (Å²) in [4.78, 5) is 12.4. The minimum Gasteiger partial charge on any atom is -0.480 e. The first-order valence-corrected chi connectivity index (χ1v) is 8.53. The Morgan fingerprint density at radius 2 is 1.89 bits per heavy atom. The van der Waals surface area contributed by atoms with Crippen LogP contribution in [-0.2, 0) is 23.9 Å². The number of rotatable bonds is 3. The van der Waals surface area contributed by atoms with Gasteiger partial charge in [-0.25, -0.2) is 0 Å². The molecule has 4 rings (SSSR count). The Morgan fingerprint density at radius 1 is 1.07 bits per heavy atom. The second-order valence-corrected chi connectivity index (χ2v) is 6.49. The highest BCUT2D eigenvalue weighted by molar-refractivity contribution is 5.90. The minimum absolute atomic E-state index is 0.0136. The van der Waals surface area contributed by atoms with Crippen LogP contribution >= 0.6 is 0 Å². The van der Waals surface area contributed by atoms with E-state index in [1.165, 1.54) is 6.07 Å². The zero-order valence-corrected chi connectivity index (χ0v) is 14.2. The third kappa shape index (κ3) is 3.47. The summed E-state index contributed by atoms with van der Waals surface area (Å²) < 4.78 is 44.1. The Morgan fingerprint density at radius 3 is 2.70 bits per heavy atom. The fraction of sp³-hybridized carbons (Fsp3) is 0.190. The third-order valence-corrected chi connectivity index (χ3v) is 4.67. The van der Waals surface area contributed by atoms with E-state index in [9.17, 15) is 18.0 Å². The molecular formula is C21H16F3NO2. The monoisotopic (exact) mass is 371 g/mol. The fourth-order valence-corrected chi connectivity index (χ4v) is 3.32. The van der Waals surface area contributed by atoms with Gasteiger partial charge in [0.1, 0.15) is 5.75 Å². The first kappa shape index (κ1) is 17.4. The van der Waals surface area contributed by atoms with Crippen molar-refractivity contribution in [2.24, 2.45) is 0 Å². The second kappa shape index (κ2) is 6.61. The summed E-state index contributed by atoms with van der Waals surface area (Å²) in [6.45, 7) is 0.0136. The average molecular weight is 371 g/mol. The topological polar surface area (TPSA) is 38.3 Å². The number of hydrogen-bond acceptors (Lipinski definition) is 2. The van der Waals surface area contributed by atoms with Crippen LogP contribution in [0.5, 0.6) is 5.75 Å². The Kier molecular flexibility index (Phi) is 4.26. The van der Waals surface area contributed by atoms with Crippen LogP contribution in [0.2, 0.25) is 0 Å². The molecule has 0 spiro atoms. The quantitative estimate of drug-likeness (QED) is 0.737. The van der Waals surface area contributed by atoms with Crippen molar-refractivity contribution in [3.63, 3.8) is 0 Å². The van der Waals surface area contributed by atoms with Gasteiger partial charge in [0.05, 0.1) is 5.56 Å². The molecular weight excluding hydrogens is 355 g/mol. The van der Waals surface area contributed by atoms with Crippen molar-refractivity contribution in [1.82, 2.24) is 5.32 Å². The summed E-state index contributed by atoms with van der Waals surface area (Å²) in [5.41, 5.74) is 0.636. The molecule has 3 aromatic rings. The molecule has 3 aromatic carbocycles. The highest BCUT2D eigenvalue weighted by atomic mass is 19.4. The number of fused-ring (bicyclic) bond motifs is 3. The molecule has 1 atom stereocenters. The number of carbonyl (C=O) groups is 1. The number of halogens is 3. The number of alkyl halides is 3. The molecule has 138 valence electrons. The van der Waals surface area contributed by atoms with Gasteiger partial charge < -0.3 is 10.1 Å². The molecule has 0 bridgehead atoms. The Hall–Kier alpha value is -3.02. The summed E-state index contributed by atoms with van der Waals surface area (Å²) in [6.07, 6.45) is -4.65. The number of amides is 1. The van der Waals surface area contributed by atoms with Gasteiger partial charge in [-0.05, 0) is 34.5 Å². The molecule has 27 heavy (non-hydrogen) atoms. The van der Waals surface area contributed by atoms with Crippen molar-refractivity contribution in [3.05, 3.63) is 77.4 Å². The number of carbonyl (C=O) groups excluding carboxylic acids is 1. The number of ether oxygens (including phenoxy) is 1. The maximum atomic E-state index is 12.8. The van der Waals surface area contributed by atoms with Gasteiger partial charge in [-0.15, -0.1) is 0 Å². The van der Waals surface area contributed by atoms with E-state index in [4.69, 9.17) is 4.74 Å². The van der Waals surface area contributed by atoms with Crippen molar-refractivity contribution in [2.45, 2.75) is 25.2 Å². The molecule has 3 nitrogen and oxygen atoms in total. The van der Waals surface area contributed by atoms with E-state index in [1.807, 2.05) is 36.4 Å². The molecule has 0 unspecified atom stereocenters. The summed E-state index contributed by atoms with van der Waals surface area (Å²) >= 11 is 0. The van der Waals surface area contributed by atoms with Crippen LogP contribution in [0.25, 0.3) is 10.8 Å². The van der Waals surface area contributed by atoms with E-state index in [-0.39, 0.29) is 12.5 Å². The van der Waals surface area contributed by atoms with Gasteiger partial charge in [-0.2, -0.15) is 13.2 Å². The second-order valence-electron chi connectivity index (χ2n) is 6.49. The lowest BCUT2D eigenvalue weighted by Crippen LogP contribution is -2.37. The van der Waals surface area contributed by atoms with E-state index in [0.717, 1.165) is 28.5 Å². The minimum atomic E-state index is -4.41. The van der Waals surface area contributed by atoms with Crippen LogP contribution in [0.3, 0.4) is 0 Å². The van der Waals surface area contributed by atoms with Gasteiger partial charge in [0.25, 0.3) is 5.91 Å². The van der Waals surface area contributed by atoms with Crippen molar-refractivity contribution >= 4 is 16.7 Å². The number of benzene rings is 3. The molecule has 0 saturated heterocycles. The Balaban J connectivity index is 1.45. The van der Waals surface area contributed by atoms with Crippen LogP contribution in [0, 0.1) is 0 Å². The molecule has 0 saturated carbocycles. The zero-order chi connectivity index (χ0) is 19.0. The highest BCUT2D eigenvalue weighted by Crippen LogP contribution is 2.35. The number of hydrogen-bond donors (Lipinski definition) is 1. The first-order valence-electron chi connectivity index (χ1n) is 8.53. The van der Waals surface area contributed by atoms with E-state index < -0.39 is 17.8 Å². The molecule has 0 aromatic heterocycles. The first-order chi connectivity index (χ1) is 12.9. The van der Waals surface area contributed by atoms with Gasteiger partial charge in [-0.3, -0.25) is 4.79 Å². The lowest BCUT2D eigenvalue weighted by Gasteiger charge is -2.12. The van der Waals surface area contributed by atoms with E-state index >= 15 is 0 Å². The van der Waals surface area contributed by atoms with Crippen molar-refractivity contribution in [2.75, 3.05) is 0 Å². The van der Waals surface area contributed by atoms with Gasteiger partial charge in [0.2, 0.25) is 0 Å². The SMILES string of the molecule is O=C(NCc1cccc(C(F)(F)F)c1)[C@@H]1Cc2c(ccc3ccccc23)O1. The Bertz CT molecular complexity index is 1010. The van der Waals surface area contributed by atoms with Crippen molar-refractivity contribution in [3.8, 4) is 5.75 Å². The lowest BCUT2D eigenvalue weighted by atomic mass is 10.0. The van der Waals surface area contributed by atoms with E-state index in [1.54, 1.807) is 6.07 Å². The Labute approximate surface area is 153 Å². The normalized spacial score (nSPS) is 16.0. The molecule has 1 aliphatic rings.